The highest BCUT2D eigenvalue weighted by Crippen LogP contribution is 2.31. The molecule has 2 N–H and O–H groups in total. The second-order valence-corrected chi connectivity index (χ2v) is 4.59. The third kappa shape index (κ3) is 3.20. The second-order valence-electron chi connectivity index (χ2n) is 4.15. The topological polar surface area (TPSA) is 67.8 Å². The Hall–Kier alpha value is -2.40. The van der Waals surface area contributed by atoms with Crippen molar-refractivity contribution in [3.05, 3.63) is 47.0 Å². The molecule has 0 aliphatic heterocycles. The first-order valence-corrected chi connectivity index (χ1v) is 6.45. The minimum atomic E-state index is -0.470. The van der Waals surface area contributed by atoms with Crippen molar-refractivity contribution in [2.24, 2.45) is 0 Å². The molecule has 2 aromatic carbocycles. The van der Waals surface area contributed by atoms with Crippen molar-refractivity contribution in [3.63, 3.8) is 0 Å². The zero-order chi connectivity index (χ0) is 15.4. The van der Waals surface area contributed by atoms with Crippen LogP contribution in [-0.4, -0.2) is 25.2 Å². The van der Waals surface area contributed by atoms with Crippen molar-refractivity contribution in [2.45, 2.75) is 0 Å². The maximum absolute atomic E-state index is 12.4. The van der Waals surface area contributed by atoms with Gasteiger partial charge in [-0.05, 0) is 30.3 Å². The van der Waals surface area contributed by atoms with Crippen LogP contribution in [0, 0.1) is 0 Å². The molecule has 0 fully saturated rings. The number of phenols is 1. The lowest BCUT2D eigenvalue weighted by Crippen LogP contribution is -2.14. The summed E-state index contributed by atoms with van der Waals surface area (Å²) < 4.78 is 10.3. The number of hydrogen-bond acceptors (Lipinski definition) is 4. The molecule has 0 atom stereocenters. The fourth-order valence-corrected chi connectivity index (χ4v) is 2.04. The van der Waals surface area contributed by atoms with Gasteiger partial charge in [-0.2, -0.15) is 0 Å². The normalized spacial score (nSPS) is 10.0. The third-order valence-electron chi connectivity index (χ3n) is 2.86. The van der Waals surface area contributed by atoms with Crippen molar-refractivity contribution in [1.29, 1.82) is 0 Å². The Morgan fingerprint density at radius 3 is 2.33 bits per heavy atom. The molecule has 110 valence electrons. The molecule has 0 saturated heterocycles. The van der Waals surface area contributed by atoms with Gasteiger partial charge in [0.15, 0.2) is 0 Å². The fourth-order valence-electron chi connectivity index (χ4n) is 1.87. The average molecular weight is 308 g/mol. The van der Waals surface area contributed by atoms with Crippen LogP contribution in [0.4, 0.5) is 5.69 Å². The summed E-state index contributed by atoms with van der Waals surface area (Å²) in [6, 6.07) is 9.39. The van der Waals surface area contributed by atoms with Crippen LogP contribution in [0.3, 0.4) is 0 Å². The molecule has 1 amide bonds. The lowest BCUT2D eigenvalue weighted by molar-refractivity contribution is 0.102. The van der Waals surface area contributed by atoms with Gasteiger partial charge in [-0.1, -0.05) is 17.7 Å². The van der Waals surface area contributed by atoms with Gasteiger partial charge in [0.05, 0.1) is 19.9 Å². The molecule has 0 aromatic heterocycles. The van der Waals surface area contributed by atoms with Crippen LogP contribution in [0.15, 0.2) is 36.4 Å². The van der Waals surface area contributed by atoms with E-state index in [4.69, 9.17) is 21.1 Å². The Balaban J connectivity index is 2.38. The van der Waals surface area contributed by atoms with Gasteiger partial charge in [-0.15, -0.1) is 0 Å². The van der Waals surface area contributed by atoms with Crippen LogP contribution in [-0.2, 0) is 0 Å². The highest BCUT2D eigenvalue weighted by atomic mass is 35.5. The standard InChI is InChI=1S/C15H14ClNO4/c1-20-12-4-3-5-13(21-2)14(12)15(19)17-10-8-9(16)6-7-11(10)18/h3-8,18H,1-2H3,(H,17,19). The number of aromatic hydroxyl groups is 1. The van der Waals surface area contributed by atoms with Crippen LogP contribution in [0.2, 0.25) is 5.02 Å². The van der Waals surface area contributed by atoms with E-state index >= 15 is 0 Å². The fraction of sp³-hybridized carbons (Fsp3) is 0.133. The minimum Gasteiger partial charge on any atom is -0.506 e. The molecule has 0 radical (unpaired) electrons. The number of halogens is 1. The molecule has 0 aliphatic carbocycles. The predicted molar refractivity (Wildman–Crippen MR) is 80.6 cm³/mol. The largest absolute Gasteiger partial charge is 0.506 e. The van der Waals surface area contributed by atoms with Gasteiger partial charge in [0, 0.05) is 5.02 Å². The number of anilines is 1. The van der Waals surface area contributed by atoms with Crippen LogP contribution in [0.1, 0.15) is 10.4 Å². The quantitative estimate of drug-likeness (QED) is 0.850. The predicted octanol–water partition coefficient (Wildman–Crippen LogP) is 3.32. The van der Waals surface area contributed by atoms with Crippen LogP contribution in [0.5, 0.6) is 17.2 Å². The lowest BCUT2D eigenvalue weighted by Gasteiger charge is -2.13. The highest BCUT2D eigenvalue weighted by Gasteiger charge is 2.19. The molecule has 6 heteroatoms. The van der Waals surface area contributed by atoms with E-state index in [1.165, 1.54) is 32.4 Å². The van der Waals surface area contributed by atoms with E-state index in [0.29, 0.717) is 16.5 Å². The zero-order valence-corrected chi connectivity index (χ0v) is 12.3. The van der Waals surface area contributed by atoms with E-state index in [9.17, 15) is 9.90 Å². The Morgan fingerprint density at radius 1 is 1.14 bits per heavy atom. The van der Waals surface area contributed by atoms with Gasteiger partial charge >= 0.3 is 0 Å². The summed E-state index contributed by atoms with van der Waals surface area (Å²) in [6.45, 7) is 0. The molecular formula is C15H14ClNO4. The summed E-state index contributed by atoms with van der Waals surface area (Å²) in [7, 11) is 2.92. The number of hydrogen-bond donors (Lipinski definition) is 2. The van der Waals surface area contributed by atoms with Crippen molar-refractivity contribution >= 4 is 23.2 Å². The number of nitrogens with one attached hydrogen (secondary N) is 1. The Kier molecular flexibility index (Phi) is 4.55. The average Bonchev–Trinajstić information content (AvgIpc) is 2.49. The van der Waals surface area contributed by atoms with Gasteiger partial charge in [0.1, 0.15) is 22.8 Å². The van der Waals surface area contributed by atoms with E-state index in [1.54, 1.807) is 18.2 Å². The number of carbonyl (C=O) groups excluding carboxylic acids is 1. The van der Waals surface area contributed by atoms with Gasteiger partial charge < -0.3 is 19.9 Å². The van der Waals surface area contributed by atoms with Crippen LogP contribution >= 0.6 is 11.6 Å². The summed E-state index contributed by atoms with van der Waals surface area (Å²) in [6.07, 6.45) is 0. The molecule has 5 nitrogen and oxygen atoms in total. The molecule has 21 heavy (non-hydrogen) atoms. The van der Waals surface area contributed by atoms with Gasteiger partial charge in [0.2, 0.25) is 0 Å². The number of ether oxygens (including phenoxy) is 2. The summed E-state index contributed by atoms with van der Waals surface area (Å²) in [4.78, 5) is 12.4. The number of rotatable bonds is 4. The molecule has 0 heterocycles. The monoisotopic (exact) mass is 307 g/mol. The summed E-state index contributed by atoms with van der Waals surface area (Å²) in [5, 5.41) is 12.7. The number of phenolic OH excluding ortho intramolecular Hbond substituents is 1. The molecule has 0 bridgehead atoms. The van der Waals surface area contributed by atoms with Gasteiger partial charge in [0.25, 0.3) is 5.91 Å². The van der Waals surface area contributed by atoms with Gasteiger partial charge in [-0.25, -0.2) is 0 Å². The highest BCUT2D eigenvalue weighted by molar-refractivity contribution is 6.31. The van der Waals surface area contributed by atoms with E-state index in [-0.39, 0.29) is 17.0 Å². The van der Waals surface area contributed by atoms with E-state index < -0.39 is 5.91 Å². The smallest absolute Gasteiger partial charge is 0.263 e. The number of benzene rings is 2. The SMILES string of the molecule is COc1cccc(OC)c1C(=O)Nc1cc(Cl)ccc1O. The number of amides is 1. The van der Waals surface area contributed by atoms with Crippen LogP contribution in [0.25, 0.3) is 0 Å². The van der Waals surface area contributed by atoms with Crippen molar-refractivity contribution in [3.8, 4) is 17.2 Å². The van der Waals surface area contributed by atoms with Crippen molar-refractivity contribution in [2.75, 3.05) is 19.5 Å². The van der Waals surface area contributed by atoms with E-state index in [0.717, 1.165) is 0 Å². The number of methoxy groups -OCH3 is 2. The Morgan fingerprint density at radius 2 is 1.76 bits per heavy atom. The van der Waals surface area contributed by atoms with Crippen molar-refractivity contribution < 1.29 is 19.4 Å². The molecule has 2 aromatic rings. The number of carbonyl (C=O) groups is 1. The third-order valence-corrected chi connectivity index (χ3v) is 3.10. The first kappa shape index (κ1) is 15.0. The summed E-state index contributed by atoms with van der Waals surface area (Å²) in [5.74, 6) is 0.185. The Labute approximate surface area is 127 Å². The van der Waals surface area contributed by atoms with Gasteiger partial charge in [-0.3, -0.25) is 4.79 Å². The molecule has 0 unspecified atom stereocenters. The summed E-state index contributed by atoms with van der Waals surface area (Å²) in [5.41, 5.74) is 0.447. The van der Waals surface area contributed by atoms with Crippen molar-refractivity contribution in [1.82, 2.24) is 0 Å². The maximum atomic E-state index is 12.4. The molecule has 0 spiro atoms. The molecule has 2 rings (SSSR count). The summed E-state index contributed by atoms with van der Waals surface area (Å²) >= 11 is 5.85. The Bertz CT molecular complexity index is 650. The lowest BCUT2D eigenvalue weighted by atomic mass is 10.1. The van der Waals surface area contributed by atoms with E-state index in [1.807, 2.05) is 0 Å². The first-order chi connectivity index (χ1) is 10.1. The maximum Gasteiger partial charge on any atom is 0.263 e. The van der Waals surface area contributed by atoms with E-state index in [2.05, 4.69) is 5.32 Å². The molecule has 0 aliphatic rings. The first-order valence-electron chi connectivity index (χ1n) is 6.07. The minimum absolute atomic E-state index is 0.0818. The molecule has 0 saturated carbocycles. The molecular weight excluding hydrogens is 294 g/mol. The van der Waals surface area contributed by atoms with Crippen LogP contribution < -0.4 is 14.8 Å². The second kappa shape index (κ2) is 6.37. The zero-order valence-electron chi connectivity index (χ0n) is 11.5.